The molecule has 2 atom stereocenters. The van der Waals surface area contributed by atoms with E-state index in [1.807, 2.05) is 24.0 Å². The van der Waals surface area contributed by atoms with E-state index in [9.17, 15) is 18.8 Å². The fraction of sp³-hybridized carbons (Fsp3) is 0.462. The first-order chi connectivity index (χ1) is 16.4. The summed E-state index contributed by atoms with van der Waals surface area (Å²) in [5.74, 6) is -0.202. The fourth-order valence-electron chi connectivity index (χ4n) is 4.42. The van der Waals surface area contributed by atoms with Crippen LogP contribution in [-0.4, -0.2) is 49.7 Å². The molecule has 1 aromatic carbocycles. The zero-order valence-electron chi connectivity index (χ0n) is 20.0. The second kappa shape index (κ2) is 12.1. The zero-order chi connectivity index (χ0) is 24.2. The number of carbonyl (C=O) groups is 3. The Morgan fingerprint density at radius 3 is 2.60 bits per heavy atom. The van der Waals surface area contributed by atoms with Crippen LogP contribution in [0.15, 0.2) is 42.1 Å². The van der Waals surface area contributed by atoms with Gasteiger partial charge in [0.25, 0.3) is 0 Å². The van der Waals surface area contributed by atoms with Crippen molar-refractivity contribution in [3.8, 4) is 0 Å². The van der Waals surface area contributed by atoms with Gasteiger partial charge in [0.1, 0.15) is 5.82 Å². The van der Waals surface area contributed by atoms with Gasteiger partial charge in [-0.3, -0.25) is 24.0 Å². The summed E-state index contributed by atoms with van der Waals surface area (Å²) >= 11 is 1.28. The molecule has 0 N–H and O–H groups in total. The van der Waals surface area contributed by atoms with Crippen molar-refractivity contribution in [2.45, 2.75) is 57.4 Å². The van der Waals surface area contributed by atoms with Crippen LogP contribution in [0.1, 0.15) is 56.8 Å². The Morgan fingerprint density at radius 1 is 1.20 bits per heavy atom. The number of piperidine rings is 1. The molecule has 2 unspecified atom stereocenters. The Labute approximate surface area is 215 Å². The molecule has 9 heteroatoms. The van der Waals surface area contributed by atoms with E-state index in [0.717, 1.165) is 18.4 Å². The van der Waals surface area contributed by atoms with E-state index in [2.05, 4.69) is 5.10 Å². The number of hydrogen-bond donors (Lipinski definition) is 0. The predicted octanol–water partition coefficient (Wildman–Crippen LogP) is 4.88. The molecule has 0 bridgehead atoms. The van der Waals surface area contributed by atoms with Gasteiger partial charge in [-0.1, -0.05) is 36.9 Å². The van der Waals surface area contributed by atoms with E-state index < -0.39 is 6.04 Å². The summed E-state index contributed by atoms with van der Waals surface area (Å²) in [5, 5.41) is 4.50. The third-order valence-corrected chi connectivity index (χ3v) is 7.48. The summed E-state index contributed by atoms with van der Waals surface area (Å²) in [5.41, 5.74) is 2.09. The lowest BCUT2D eigenvalue weighted by Gasteiger charge is -2.38. The van der Waals surface area contributed by atoms with Crippen molar-refractivity contribution in [3.63, 3.8) is 0 Å². The van der Waals surface area contributed by atoms with Gasteiger partial charge in [-0.05, 0) is 43.0 Å². The second-order valence-corrected chi connectivity index (χ2v) is 10.4. The van der Waals surface area contributed by atoms with Crippen LogP contribution < -0.4 is 0 Å². The Morgan fingerprint density at radius 2 is 1.94 bits per heavy atom. The first-order valence-electron chi connectivity index (χ1n) is 11.8. The van der Waals surface area contributed by atoms with Gasteiger partial charge in [-0.2, -0.15) is 5.10 Å². The van der Waals surface area contributed by atoms with Crippen molar-refractivity contribution in [2.24, 2.45) is 5.92 Å². The van der Waals surface area contributed by atoms with Crippen LogP contribution in [0.2, 0.25) is 0 Å². The lowest BCUT2D eigenvalue weighted by Crippen LogP contribution is -2.43. The van der Waals surface area contributed by atoms with E-state index in [-0.39, 0.29) is 52.6 Å². The summed E-state index contributed by atoms with van der Waals surface area (Å²) in [7, 11) is 0. The van der Waals surface area contributed by atoms with Gasteiger partial charge >= 0.3 is 0 Å². The molecule has 2 fully saturated rings. The molecular formula is C26H31ClFN3O3S. The molecule has 1 aromatic heterocycles. The summed E-state index contributed by atoms with van der Waals surface area (Å²) in [6, 6.07) is 7.71. The average molecular weight is 520 g/mol. The standard InChI is InChI=1S/C26H30FN3O3S.ClH/c1-3-21(32)16-30-13-10-20(28-30)14-19-15-29(12-11-24(19)34-17(2)31)25(26(33)18-8-9-18)22-6-4-5-7-23(22)27;/h4-7,10,13-14,18,24-25H,3,8-9,11-12,15-16H2,1-2H3;1H/b19-14-;. The minimum absolute atomic E-state index is 0. The number of carbonyl (C=O) groups excluding carboxylic acids is 3. The molecule has 0 radical (unpaired) electrons. The highest BCUT2D eigenvalue weighted by molar-refractivity contribution is 8.14. The predicted molar refractivity (Wildman–Crippen MR) is 138 cm³/mol. The number of likely N-dealkylation sites (tertiary alicyclic amines) is 1. The largest absolute Gasteiger partial charge is 0.298 e. The topological polar surface area (TPSA) is 72.3 Å². The molecule has 0 amide bonds. The fourth-order valence-corrected chi connectivity index (χ4v) is 5.34. The molecule has 1 saturated heterocycles. The molecule has 4 rings (SSSR count). The maximum absolute atomic E-state index is 14.8. The Bertz CT molecular complexity index is 1110. The van der Waals surface area contributed by atoms with Crippen molar-refractivity contribution in [1.82, 2.24) is 14.7 Å². The number of benzene rings is 1. The average Bonchev–Trinajstić information content (AvgIpc) is 3.57. The first-order valence-corrected chi connectivity index (χ1v) is 12.7. The molecule has 2 heterocycles. The third-order valence-electron chi connectivity index (χ3n) is 6.33. The van der Waals surface area contributed by atoms with Crippen LogP contribution in [0.25, 0.3) is 6.08 Å². The van der Waals surface area contributed by atoms with Crippen LogP contribution in [-0.2, 0) is 20.9 Å². The van der Waals surface area contributed by atoms with Gasteiger partial charge in [0, 0.05) is 49.4 Å². The number of ketones is 2. The molecule has 2 aliphatic rings. The highest BCUT2D eigenvalue weighted by atomic mass is 35.5. The zero-order valence-corrected chi connectivity index (χ0v) is 21.6. The van der Waals surface area contributed by atoms with Crippen molar-refractivity contribution < 1.29 is 18.8 Å². The van der Waals surface area contributed by atoms with Crippen LogP contribution in [0.3, 0.4) is 0 Å². The van der Waals surface area contributed by atoms with Crippen LogP contribution in [0.5, 0.6) is 0 Å². The van der Waals surface area contributed by atoms with E-state index in [4.69, 9.17) is 0 Å². The number of thioether (sulfide) groups is 1. The maximum Gasteiger partial charge on any atom is 0.186 e. The molecule has 2 aromatic rings. The number of nitrogens with zero attached hydrogens (tertiary/aromatic N) is 3. The lowest BCUT2D eigenvalue weighted by atomic mass is 9.93. The number of aromatic nitrogens is 2. The lowest BCUT2D eigenvalue weighted by molar-refractivity contribution is -0.126. The molecular weight excluding hydrogens is 489 g/mol. The van der Waals surface area contributed by atoms with Crippen molar-refractivity contribution in [2.75, 3.05) is 13.1 Å². The van der Waals surface area contributed by atoms with Crippen LogP contribution in [0.4, 0.5) is 4.39 Å². The van der Waals surface area contributed by atoms with Crippen molar-refractivity contribution >= 4 is 46.9 Å². The monoisotopic (exact) mass is 519 g/mol. The van der Waals surface area contributed by atoms with Gasteiger partial charge in [0.05, 0.1) is 18.3 Å². The number of rotatable bonds is 9. The highest BCUT2D eigenvalue weighted by Gasteiger charge is 2.41. The summed E-state index contributed by atoms with van der Waals surface area (Å²) < 4.78 is 16.4. The maximum atomic E-state index is 14.8. The van der Waals surface area contributed by atoms with Gasteiger partial charge < -0.3 is 0 Å². The highest BCUT2D eigenvalue weighted by Crippen LogP contribution is 2.40. The normalized spacial score (nSPS) is 20.3. The van der Waals surface area contributed by atoms with Gasteiger partial charge in [-0.15, -0.1) is 12.4 Å². The second-order valence-electron chi connectivity index (χ2n) is 9.01. The minimum atomic E-state index is -0.639. The number of halogens is 2. The molecule has 35 heavy (non-hydrogen) atoms. The molecule has 1 aliphatic heterocycles. The van der Waals surface area contributed by atoms with Crippen LogP contribution in [0, 0.1) is 11.7 Å². The Balaban J connectivity index is 0.00000342. The van der Waals surface area contributed by atoms with Gasteiger partial charge in [-0.25, -0.2) is 4.39 Å². The Hall–Kier alpha value is -2.29. The smallest absolute Gasteiger partial charge is 0.186 e. The Kier molecular flexibility index (Phi) is 9.44. The molecule has 0 spiro atoms. The van der Waals surface area contributed by atoms with Gasteiger partial charge in [0.2, 0.25) is 0 Å². The third kappa shape index (κ3) is 6.90. The minimum Gasteiger partial charge on any atom is -0.298 e. The summed E-state index contributed by atoms with van der Waals surface area (Å²) in [4.78, 5) is 39.0. The molecule has 1 aliphatic carbocycles. The first kappa shape index (κ1) is 27.3. The number of hydrogen-bond acceptors (Lipinski definition) is 6. The van der Waals surface area contributed by atoms with Crippen molar-refractivity contribution in [3.05, 3.63) is 59.2 Å². The number of Topliss-reactive ketones (excluding diaryl/α,β-unsaturated/α-hetero) is 2. The van der Waals surface area contributed by atoms with Gasteiger partial charge in [0.15, 0.2) is 16.7 Å². The molecule has 1 saturated carbocycles. The SMILES string of the molecule is CCC(=O)Cn1ccc(/C=C2/CN(C(C(=O)C3CC3)c3ccccc3F)CCC2SC(C)=O)n1.Cl. The summed E-state index contributed by atoms with van der Waals surface area (Å²) in [6.07, 6.45) is 6.56. The van der Waals surface area contributed by atoms with Crippen LogP contribution >= 0.6 is 24.2 Å². The molecule has 188 valence electrons. The quantitative estimate of drug-likeness (QED) is 0.470. The molecule has 6 nitrogen and oxygen atoms in total. The van der Waals surface area contributed by atoms with E-state index in [1.165, 1.54) is 17.8 Å². The van der Waals surface area contributed by atoms with E-state index in [1.54, 1.807) is 36.0 Å². The summed E-state index contributed by atoms with van der Waals surface area (Å²) in [6.45, 7) is 4.65. The van der Waals surface area contributed by atoms with E-state index in [0.29, 0.717) is 37.2 Å². The van der Waals surface area contributed by atoms with Crippen molar-refractivity contribution in [1.29, 1.82) is 0 Å². The van der Waals surface area contributed by atoms with E-state index >= 15 is 0 Å².